The molecule has 1 aliphatic heterocycles. The molecule has 17 heavy (non-hydrogen) atoms. The van der Waals surface area contributed by atoms with Gasteiger partial charge in [0.2, 0.25) is 5.91 Å². The standard InChI is InChI=1S/C13H16N2O2/c1-3-15(4-2)13(17)10-6-5-9-8-12(16)14-11(9)7-10/h5-7H,3-4,8H2,1-2H3,(H,14,16). The molecule has 0 radical (unpaired) electrons. The van der Waals surface area contributed by atoms with Crippen LogP contribution >= 0.6 is 0 Å². The van der Waals surface area contributed by atoms with Crippen molar-refractivity contribution in [2.24, 2.45) is 0 Å². The number of nitrogens with zero attached hydrogens (tertiary/aromatic N) is 1. The van der Waals surface area contributed by atoms with Crippen molar-refractivity contribution >= 4 is 17.5 Å². The van der Waals surface area contributed by atoms with Gasteiger partial charge in [-0.25, -0.2) is 0 Å². The van der Waals surface area contributed by atoms with Gasteiger partial charge in [0, 0.05) is 24.3 Å². The minimum atomic E-state index is -0.00700. The summed E-state index contributed by atoms with van der Waals surface area (Å²) in [6, 6.07) is 5.41. The highest BCUT2D eigenvalue weighted by molar-refractivity contribution is 6.02. The van der Waals surface area contributed by atoms with Crippen molar-refractivity contribution in [2.75, 3.05) is 18.4 Å². The van der Waals surface area contributed by atoms with Crippen molar-refractivity contribution in [1.29, 1.82) is 0 Å². The number of benzene rings is 1. The van der Waals surface area contributed by atoms with Crippen molar-refractivity contribution in [3.8, 4) is 0 Å². The molecule has 1 aromatic carbocycles. The van der Waals surface area contributed by atoms with Crippen LogP contribution in [0.1, 0.15) is 29.8 Å². The van der Waals surface area contributed by atoms with E-state index in [1.165, 1.54) is 0 Å². The lowest BCUT2D eigenvalue weighted by molar-refractivity contribution is -0.115. The number of anilines is 1. The molecule has 1 heterocycles. The molecule has 0 bridgehead atoms. The molecule has 0 aromatic heterocycles. The molecule has 0 saturated heterocycles. The van der Waals surface area contributed by atoms with E-state index in [4.69, 9.17) is 0 Å². The summed E-state index contributed by atoms with van der Waals surface area (Å²) in [6.07, 6.45) is 0.412. The van der Waals surface area contributed by atoms with Crippen molar-refractivity contribution < 1.29 is 9.59 Å². The fourth-order valence-corrected chi connectivity index (χ4v) is 2.04. The largest absolute Gasteiger partial charge is 0.339 e. The number of rotatable bonds is 3. The van der Waals surface area contributed by atoms with Crippen molar-refractivity contribution in [3.63, 3.8) is 0 Å². The van der Waals surface area contributed by atoms with Crippen LogP contribution in [0.4, 0.5) is 5.69 Å². The van der Waals surface area contributed by atoms with Crippen LogP contribution in [0.5, 0.6) is 0 Å². The average Bonchev–Trinajstić information content (AvgIpc) is 2.69. The summed E-state index contributed by atoms with van der Waals surface area (Å²) >= 11 is 0. The van der Waals surface area contributed by atoms with Crippen LogP contribution in [0, 0.1) is 0 Å². The summed E-state index contributed by atoms with van der Waals surface area (Å²) < 4.78 is 0. The van der Waals surface area contributed by atoms with Gasteiger partial charge in [0.15, 0.2) is 0 Å². The molecule has 1 aliphatic rings. The zero-order valence-electron chi connectivity index (χ0n) is 10.1. The molecular formula is C13H16N2O2. The molecule has 0 atom stereocenters. The maximum atomic E-state index is 12.1. The second kappa shape index (κ2) is 4.57. The highest BCUT2D eigenvalue weighted by atomic mass is 16.2. The van der Waals surface area contributed by atoms with E-state index in [0.717, 1.165) is 11.3 Å². The summed E-state index contributed by atoms with van der Waals surface area (Å²) in [5, 5.41) is 2.76. The summed E-state index contributed by atoms with van der Waals surface area (Å²) in [5.41, 5.74) is 2.37. The Morgan fingerprint density at radius 3 is 2.71 bits per heavy atom. The number of nitrogens with one attached hydrogen (secondary N) is 1. The molecule has 4 heteroatoms. The molecule has 90 valence electrons. The molecule has 0 spiro atoms. The van der Waals surface area contributed by atoms with E-state index in [1.807, 2.05) is 19.9 Å². The number of carbonyl (C=O) groups is 2. The van der Waals surface area contributed by atoms with Crippen molar-refractivity contribution in [1.82, 2.24) is 4.90 Å². The quantitative estimate of drug-likeness (QED) is 0.861. The maximum Gasteiger partial charge on any atom is 0.253 e. The number of hydrogen-bond acceptors (Lipinski definition) is 2. The van der Waals surface area contributed by atoms with Gasteiger partial charge in [0.05, 0.1) is 6.42 Å². The number of fused-ring (bicyclic) bond motifs is 1. The number of amides is 2. The molecule has 2 amide bonds. The minimum Gasteiger partial charge on any atom is -0.339 e. The van der Waals surface area contributed by atoms with E-state index in [1.54, 1.807) is 17.0 Å². The lowest BCUT2D eigenvalue weighted by atomic mass is 10.1. The Balaban J connectivity index is 2.27. The first kappa shape index (κ1) is 11.6. The van der Waals surface area contributed by atoms with Gasteiger partial charge in [-0.05, 0) is 31.5 Å². The Bertz CT molecular complexity index is 464. The third-order valence-electron chi connectivity index (χ3n) is 3.03. The second-order valence-corrected chi connectivity index (χ2v) is 4.07. The van der Waals surface area contributed by atoms with Gasteiger partial charge in [0.1, 0.15) is 0 Å². The fourth-order valence-electron chi connectivity index (χ4n) is 2.04. The first-order valence-electron chi connectivity index (χ1n) is 5.87. The van der Waals surface area contributed by atoms with Crippen molar-refractivity contribution in [2.45, 2.75) is 20.3 Å². The SMILES string of the molecule is CCN(CC)C(=O)c1ccc2c(c1)NC(=O)C2. The molecule has 0 saturated carbocycles. The Hall–Kier alpha value is -1.84. The van der Waals surface area contributed by atoms with Crippen LogP contribution in [-0.2, 0) is 11.2 Å². The number of carbonyl (C=O) groups excluding carboxylic acids is 2. The molecule has 1 aromatic rings. The lowest BCUT2D eigenvalue weighted by Gasteiger charge is -2.18. The zero-order chi connectivity index (χ0) is 12.4. The summed E-state index contributed by atoms with van der Waals surface area (Å²) in [6.45, 7) is 5.30. The molecule has 0 unspecified atom stereocenters. The van der Waals surface area contributed by atoms with E-state index in [2.05, 4.69) is 5.32 Å². The van der Waals surface area contributed by atoms with E-state index in [9.17, 15) is 9.59 Å². The van der Waals surface area contributed by atoms with E-state index >= 15 is 0 Å². The Morgan fingerprint density at radius 1 is 1.35 bits per heavy atom. The van der Waals surface area contributed by atoms with E-state index in [-0.39, 0.29) is 11.8 Å². The van der Waals surface area contributed by atoms with Gasteiger partial charge < -0.3 is 10.2 Å². The third kappa shape index (κ3) is 2.16. The predicted molar refractivity (Wildman–Crippen MR) is 66.0 cm³/mol. The second-order valence-electron chi connectivity index (χ2n) is 4.07. The molecule has 1 N–H and O–H groups in total. The van der Waals surface area contributed by atoms with Gasteiger partial charge in [-0.1, -0.05) is 6.07 Å². The first-order chi connectivity index (χ1) is 8.15. The van der Waals surface area contributed by atoms with Crippen LogP contribution in [0.15, 0.2) is 18.2 Å². The van der Waals surface area contributed by atoms with E-state index in [0.29, 0.717) is 25.1 Å². The van der Waals surface area contributed by atoms with Crippen LogP contribution in [0.25, 0.3) is 0 Å². The maximum absolute atomic E-state index is 12.1. The van der Waals surface area contributed by atoms with Gasteiger partial charge in [-0.3, -0.25) is 9.59 Å². The molecular weight excluding hydrogens is 216 g/mol. The third-order valence-corrected chi connectivity index (χ3v) is 3.03. The summed E-state index contributed by atoms with van der Waals surface area (Å²) in [4.78, 5) is 25.1. The van der Waals surface area contributed by atoms with Crippen LogP contribution < -0.4 is 5.32 Å². The normalized spacial score (nSPS) is 13.2. The summed E-state index contributed by atoms with van der Waals surface area (Å²) in [7, 11) is 0. The predicted octanol–water partition coefficient (Wildman–Crippen LogP) is 1.66. The molecule has 2 rings (SSSR count). The Labute approximate surface area is 101 Å². The number of hydrogen-bond donors (Lipinski definition) is 1. The highest BCUT2D eigenvalue weighted by Gasteiger charge is 2.20. The monoisotopic (exact) mass is 232 g/mol. The highest BCUT2D eigenvalue weighted by Crippen LogP contribution is 2.24. The fraction of sp³-hybridized carbons (Fsp3) is 0.385. The zero-order valence-corrected chi connectivity index (χ0v) is 10.1. The van der Waals surface area contributed by atoms with Crippen LogP contribution in [0.2, 0.25) is 0 Å². The van der Waals surface area contributed by atoms with Crippen LogP contribution in [0.3, 0.4) is 0 Å². The van der Waals surface area contributed by atoms with Crippen LogP contribution in [-0.4, -0.2) is 29.8 Å². The smallest absolute Gasteiger partial charge is 0.253 e. The average molecular weight is 232 g/mol. The minimum absolute atomic E-state index is 0.00700. The lowest BCUT2D eigenvalue weighted by Crippen LogP contribution is -2.30. The Morgan fingerprint density at radius 2 is 2.06 bits per heavy atom. The van der Waals surface area contributed by atoms with Gasteiger partial charge in [-0.2, -0.15) is 0 Å². The van der Waals surface area contributed by atoms with E-state index < -0.39 is 0 Å². The summed E-state index contributed by atoms with van der Waals surface area (Å²) in [5.74, 6) is 0.00591. The first-order valence-corrected chi connectivity index (χ1v) is 5.87. The molecule has 0 fully saturated rings. The van der Waals surface area contributed by atoms with Crippen molar-refractivity contribution in [3.05, 3.63) is 29.3 Å². The molecule has 0 aliphatic carbocycles. The van der Waals surface area contributed by atoms with Gasteiger partial charge in [0.25, 0.3) is 5.91 Å². The van der Waals surface area contributed by atoms with Gasteiger partial charge in [-0.15, -0.1) is 0 Å². The Kier molecular flexibility index (Phi) is 3.13. The topological polar surface area (TPSA) is 49.4 Å². The van der Waals surface area contributed by atoms with Gasteiger partial charge >= 0.3 is 0 Å². The molecule has 4 nitrogen and oxygen atoms in total.